The Morgan fingerprint density at radius 1 is 1.33 bits per heavy atom. The lowest BCUT2D eigenvalue weighted by Crippen LogP contribution is -2.22. The average Bonchev–Trinajstić information content (AvgIpc) is 2.18. The third kappa shape index (κ3) is 6.56. The van der Waals surface area contributed by atoms with Crippen molar-refractivity contribution in [2.45, 2.75) is 33.6 Å². The molecule has 0 aliphatic rings. The van der Waals surface area contributed by atoms with Crippen LogP contribution in [0.2, 0.25) is 5.02 Å². The second-order valence-corrected chi connectivity index (χ2v) is 6.92. The summed E-state index contributed by atoms with van der Waals surface area (Å²) in [7, 11) is 0. The van der Waals surface area contributed by atoms with E-state index in [4.69, 9.17) is 11.6 Å². The number of benzene rings is 1. The summed E-state index contributed by atoms with van der Waals surface area (Å²) in [6.07, 6.45) is -4.75. The number of carbonyl (C=O) groups excluding carboxylic acids is 1. The van der Waals surface area contributed by atoms with Crippen molar-refractivity contribution in [2.24, 2.45) is 5.41 Å². The molecule has 0 radical (unpaired) electrons. The molecule has 118 valence electrons. The van der Waals surface area contributed by atoms with Crippen LogP contribution < -0.4 is 10.1 Å². The molecule has 0 aliphatic carbocycles. The zero-order chi connectivity index (χ0) is 16.4. The number of hydrogen-bond acceptors (Lipinski definition) is 2. The SMILES string of the molecule is CC(C)(C)CC(=O)Nc1c(Cl)cc(Br)cc1OC(F)(F)F. The third-order valence-electron chi connectivity index (χ3n) is 2.20. The summed E-state index contributed by atoms with van der Waals surface area (Å²) in [6, 6.07) is 2.46. The van der Waals surface area contributed by atoms with E-state index in [-0.39, 0.29) is 22.5 Å². The smallest absolute Gasteiger partial charge is 0.403 e. The van der Waals surface area contributed by atoms with E-state index >= 15 is 0 Å². The highest BCUT2D eigenvalue weighted by Crippen LogP contribution is 2.39. The molecule has 0 spiro atoms. The number of carbonyl (C=O) groups is 1. The van der Waals surface area contributed by atoms with Gasteiger partial charge in [-0.2, -0.15) is 0 Å². The summed E-state index contributed by atoms with van der Waals surface area (Å²) < 4.78 is 41.4. The van der Waals surface area contributed by atoms with E-state index in [1.807, 2.05) is 20.8 Å². The first-order chi connectivity index (χ1) is 9.37. The van der Waals surface area contributed by atoms with Crippen LogP contribution in [0.1, 0.15) is 27.2 Å². The van der Waals surface area contributed by atoms with Crippen molar-refractivity contribution in [3.8, 4) is 5.75 Å². The predicted octanol–water partition coefficient (Wildman–Crippen LogP) is 5.38. The molecule has 0 aromatic heterocycles. The molecule has 0 bridgehead atoms. The van der Waals surface area contributed by atoms with Gasteiger partial charge >= 0.3 is 6.36 Å². The van der Waals surface area contributed by atoms with Gasteiger partial charge in [0.1, 0.15) is 5.69 Å². The van der Waals surface area contributed by atoms with Crippen molar-refractivity contribution in [1.82, 2.24) is 0 Å². The summed E-state index contributed by atoms with van der Waals surface area (Å²) in [5.74, 6) is -1.01. The Morgan fingerprint density at radius 2 is 1.90 bits per heavy atom. The molecule has 0 heterocycles. The lowest BCUT2D eigenvalue weighted by Gasteiger charge is -2.19. The zero-order valence-electron chi connectivity index (χ0n) is 11.6. The maximum absolute atomic E-state index is 12.4. The Morgan fingerprint density at radius 3 is 2.38 bits per heavy atom. The molecule has 0 saturated heterocycles. The van der Waals surface area contributed by atoms with Gasteiger partial charge in [-0.3, -0.25) is 4.79 Å². The van der Waals surface area contributed by atoms with Gasteiger partial charge in [0.25, 0.3) is 0 Å². The quantitative estimate of drug-likeness (QED) is 0.755. The standard InChI is InChI=1S/C13H14BrClF3NO2/c1-12(2,3)6-10(20)19-11-8(15)4-7(14)5-9(11)21-13(16,17)18/h4-5H,6H2,1-3H3,(H,19,20). The fourth-order valence-corrected chi connectivity index (χ4v) is 2.37. The van der Waals surface area contributed by atoms with Crippen LogP contribution in [0.25, 0.3) is 0 Å². The minimum absolute atomic E-state index is 0.0501. The number of alkyl halides is 3. The van der Waals surface area contributed by atoms with Gasteiger partial charge in [-0.1, -0.05) is 48.3 Å². The molecule has 1 amide bonds. The average molecular weight is 389 g/mol. The van der Waals surface area contributed by atoms with Crippen molar-refractivity contribution in [3.05, 3.63) is 21.6 Å². The first-order valence-electron chi connectivity index (χ1n) is 5.92. The number of rotatable bonds is 3. The molecule has 0 aliphatic heterocycles. The van der Waals surface area contributed by atoms with E-state index in [2.05, 4.69) is 26.0 Å². The Kier molecular flexibility index (Phi) is 5.55. The molecule has 3 nitrogen and oxygen atoms in total. The van der Waals surface area contributed by atoms with E-state index in [9.17, 15) is 18.0 Å². The molecule has 1 aromatic rings. The highest BCUT2D eigenvalue weighted by Gasteiger charge is 2.33. The Balaban J connectivity index is 3.07. The van der Waals surface area contributed by atoms with E-state index in [0.717, 1.165) is 6.07 Å². The third-order valence-corrected chi connectivity index (χ3v) is 2.96. The van der Waals surface area contributed by atoms with Crippen LogP contribution in [-0.4, -0.2) is 12.3 Å². The number of amides is 1. The van der Waals surface area contributed by atoms with Crippen molar-refractivity contribution in [2.75, 3.05) is 5.32 Å². The van der Waals surface area contributed by atoms with Gasteiger partial charge in [0.05, 0.1) is 5.02 Å². The van der Waals surface area contributed by atoms with Gasteiger partial charge in [-0.25, -0.2) is 0 Å². The Labute approximate surface area is 133 Å². The molecule has 0 atom stereocenters. The van der Waals surface area contributed by atoms with E-state index in [0.29, 0.717) is 4.47 Å². The summed E-state index contributed by atoms with van der Waals surface area (Å²) in [5.41, 5.74) is -0.511. The van der Waals surface area contributed by atoms with Gasteiger partial charge in [0.2, 0.25) is 5.91 Å². The molecule has 0 unspecified atom stereocenters. The first-order valence-corrected chi connectivity index (χ1v) is 7.09. The number of halogens is 5. The summed E-state index contributed by atoms with van der Waals surface area (Å²) in [5, 5.41) is 2.32. The summed E-state index contributed by atoms with van der Waals surface area (Å²) in [6.45, 7) is 5.51. The van der Waals surface area contributed by atoms with Crippen LogP contribution >= 0.6 is 27.5 Å². The number of nitrogens with one attached hydrogen (secondary N) is 1. The first kappa shape index (κ1) is 18.1. The lowest BCUT2D eigenvalue weighted by molar-refractivity contribution is -0.274. The highest BCUT2D eigenvalue weighted by atomic mass is 79.9. The highest BCUT2D eigenvalue weighted by molar-refractivity contribution is 9.10. The van der Waals surface area contributed by atoms with E-state index in [1.165, 1.54) is 6.07 Å². The number of anilines is 1. The van der Waals surface area contributed by atoms with Crippen LogP contribution in [-0.2, 0) is 4.79 Å². The van der Waals surface area contributed by atoms with Crippen LogP contribution in [0.4, 0.5) is 18.9 Å². The van der Waals surface area contributed by atoms with Crippen LogP contribution in [0.3, 0.4) is 0 Å². The second-order valence-electron chi connectivity index (χ2n) is 5.59. The van der Waals surface area contributed by atoms with Crippen molar-refractivity contribution < 1.29 is 22.7 Å². The Hall–Kier alpha value is -0.950. The molecule has 0 saturated carbocycles. The maximum Gasteiger partial charge on any atom is 0.573 e. The van der Waals surface area contributed by atoms with Crippen molar-refractivity contribution in [1.29, 1.82) is 0 Å². The van der Waals surface area contributed by atoms with Crippen LogP contribution in [0, 0.1) is 5.41 Å². The van der Waals surface area contributed by atoms with Crippen LogP contribution in [0.5, 0.6) is 5.75 Å². The molecule has 1 aromatic carbocycles. The molecule has 0 fully saturated rings. The minimum Gasteiger partial charge on any atom is -0.403 e. The normalized spacial score (nSPS) is 12.2. The lowest BCUT2D eigenvalue weighted by atomic mass is 9.92. The van der Waals surface area contributed by atoms with Gasteiger partial charge in [0, 0.05) is 10.9 Å². The van der Waals surface area contributed by atoms with Crippen LogP contribution in [0.15, 0.2) is 16.6 Å². The molecular weight excluding hydrogens is 374 g/mol. The van der Waals surface area contributed by atoms with Crippen molar-refractivity contribution >= 4 is 39.1 Å². The van der Waals surface area contributed by atoms with Gasteiger partial charge in [-0.05, 0) is 17.5 Å². The van der Waals surface area contributed by atoms with E-state index in [1.54, 1.807) is 0 Å². The molecular formula is C13H14BrClF3NO2. The topological polar surface area (TPSA) is 38.3 Å². The molecule has 1 rings (SSSR count). The van der Waals surface area contributed by atoms with Gasteiger partial charge < -0.3 is 10.1 Å². The fraction of sp³-hybridized carbons (Fsp3) is 0.462. The summed E-state index contributed by atoms with van der Waals surface area (Å²) in [4.78, 5) is 11.9. The second kappa shape index (κ2) is 6.44. The van der Waals surface area contributed by atoms with Gasteiger partial charge in [0.15, 0.2) is 5.75 Å². The number of ether oxygens (including phenoxy) is 1. The predicted molar refractivity (Wildman–Crippen MR) is 78.5 cm³/mol. The Bertz CT molecular complexity index is 541. The van der Waals surface area contributed by atoms with E-state index < -0.39 is 18.0 Å². The number of hydrogen-bond donors (Lipinski definition) is 1. The van der Waals surface area contributed by atoms with Gasteiger partial charge in [-0.15, -0.1) is 13.2 Å². The maximum atomic E-state index is 12.4. The minimum atomic E-state index is -4.88. The fourth-order valence-electron chi connectivity index (χ4n) is 1.54. The largest absolute Gasteiger partial charge is 0.573 e. The monoisotopic (exact) mass is 387 g/mol. The molecule has 1 N–H and O–H groups in total. The molecule has 8 heteroatoms. The summed E-state index contributed by atoms with van der Waals surface area (Å²) >= 11 is 8.91. The zero-order valence-corrected chi connectivity index (χ0v) is 13.9. The van der Waals surface area contributed by atoms with Crippen molar-refractivity contribution in [3.63, 3.8) is 0 Å². The molecule has 21 heavy (non-hydrogen) atoms.